The van der Waals surface area contributed by atoms with Crippen LogP contribution in [0, 0.1) is 17.8 Å². The van der Waals surface area contributed by atoms with E-state index in [-0.39, 0.29) is 0 Å². The standard InChI is InChI=1S/C7H11NO/c1-9-4-2-3-7-5-8-6-7/h7-8H,4-6H2,1H3/i/hD. The first kappa shape index (κ1) is 5.28. The van der Waals surface area contributed by atoms with Crippen molar-refractivity contribution in [2.75, 3.05) is 26.8 Å². The van der Waals surface area contributed by atoms with E-state index in [2.05, 4.69) is 11.8 Å². The maximum absolute atomic E-state index is 7.06. The summed E-state index contributed by atoms with van der Waals surface area (Å²) in [5.74, 6) is 6.30. The summed E-state index contributed by atoms with van der Waals surface area (Å²) in [6, 6.07) is 0. The molecule has 0 saturated carbocycles. The molecule has 2 heteroatoms. The van der Waals surface area contributed by atoms with E-state index >= 15 is 0 Å². The van der Waals surface area contributed by atoms with Crippen LogP contribution < -0.4 is 5.31 Å². The molecule has 0 bridgehead atoms. The van der Waals surface area contributed by atoms with E-state index in [9.17, 15) is 0 Å². The lowest BCUT2D eigenvalue weighted by molar-refractivity contribution is 0.239. The van der Waals surface area contributed by atoms with Crippen molar-refractivity contribution in [1.29, 1.82) is 0 Å². The molecule has 0 radical (unpaired) electrons. The Morgan fingerprint density at radius 1 is 1.89 bits per heavy atom. The van der Waals surface area contributed by atoms with Crippen LogP contribution in [0.3, 0.4) is 0 Å². The molecule has 0 amide bonds. The van der Waals surface area contributed by atoms with Gasteiger partial charge in [0.15, 0.2) is 0 Å². The van der Waals surface area contributed by atoms with Crippen LogP contribution in [0.25, 0.3) is 0 Å². The van der Waals surface area contributed by atoms with E-state index in [0.717, 1.165) is 13.1 Å². The quantitative estimate of drug-likeness (QED) is 0.494. The highest BCUT2D eigenvalue weighted by atomic mass is 16.5. The summed E-state index contributed by atoms with van der Waals surface area (Å²) in [7, 11) is 1.63. The van der Waals surface area contributed by atoms with Gasteiger partial charge in [-0.1, -0.05) is 11.8 Å². The second-order valence-corrected chi connectivity index (χ2v) is 2.04. The molecule has 1 saturated heterocycles. The third-order valence-corrected chi connectivity index (χ3v) is 1.22. The molecule has 0 aromatic rings. The van der Waals surface area contributed by atoms with E-state index in [1.54, 1.807) is 7.11 Å². The molecule has 1 rings (SSSR count). The van der Waals surface area contributed by atoms with Crippen molar-refractivity contribution >= 4 is 0 Å². The molecule has 0 aromatic carbocycles. The van der Waals surface area contributed by atoms with Gasteiger partial charge >= 0.3 is 0 Å². The largest absolute Gasteiger partial charge is 0.372 e. The minimum atomic E-state index is 0.410. The Hall–Kier alpha value is -0.520. The van der Waals surface area contributed by atoms with Gasteiger partial charge in [0.05, 0.1) is 0 Å². The molecule has 1 fully saturated rings. The summed E-state index contributed by atoms with van der Waals surface area (Å²) in [5, 5.41) is 1.51. The highest BCUT2D eigenvalue weighted by Crippen LogP contribution is 1.98. The maximum atomic E-state index is 7.06. The Balaban J connectivity index is 2.10. The summed E-state index contributed by atoms with van der Waals surface area (Å²) < 4.78 is 11.8. The lowest BCUT2D eigenvalue weighted by atomic mass is 10.1. The van der Waals surface area contributed by atoms with Crippen LogP contribution in [-0.4, -0.2) is 26.8 Å². The molecule has 1 heterocycles. The van der Waals surface area contributed by atoms with Gasteiger partial charge in [0, 0.05) is 26.1 Å². The Morgan fingerprint density at radius 3 is 3.22 bits per heavy atom. The fourth-order valence-corrected chi connectivity index (χ4v) is 0.608. The summed E-state index contributed by atoms with van der Waals surface area (Å²) in [4.78, 5) is 0. The number of rotatable bonds is 1. The topological polar surface area (TPSA) is 21.3 Å². The number of nitrogens with one attached hydrogen (secondary N) is 1. The van der Waals surface area contributed by atoms with E-state index < -0.39 is 0 Å². The summed E-state index contributed by atoms with van der Waals surface area (Å²) in [5.41, 5.74) is 0. The van der Waals surface area contributed by atoms with Gasteiger partial charge in [0.25, 0.3) is 0 Å². The van der Waals surface area contributed by atoms with Gasteiger partial charge in [-0.15, -0.1) is 0 Å². The molecule has 0 aliphatic carbocycles. The molecule has 0 atom stereocenters. The Morgan fingerprint density at radius 2 is 2.67 bits per heavy atom. The fourth-order valence-electron chi connectivity index (χ4n) is 0.608. The third kappa shape index (κ3) is 2.05. The van der Waals surface area contributed by atoms with Crippen LogP contribution in [0.5, 0.6) is 0 Å². The maximum Gasteiger partial charge on any atom is 0.122 e. The van der Waals surface area contributed by atoms with Gasteiger partial charge in [0.2, 0.25) is 0 Å². The average molecular weight is 126 g/mol. The Kier molecular flexibility index (Phi) is 2.05. The molecule has 50 valence electrons. The summed E-state index contributed by atoms with van der Waals surface area (Å²) >= 11 is 0. The van der Waals surface area contributed by atoms with Gasteiger partial charge in [-0.05, 0) is 0 Å². The first-order valence-corrected chi connectivity index (χ1v) is 3.04. The monoisotopic (exact) mass is 126 g/mol. The minimum Gasteiger partial charge on any atom is -0.372 e. The predicted molar refractivity (Wildman–Crippen MR) is 36.0 cm³/mol. The van der Waals surface area contributed by atoms with Crippen LogP contribution in [0.1, 0.15) is 0 Å². The lowest BCUT2D eigenvalue weighted by Gasteiger charge is -2.21. The fraction of sp³-hybridized carbons (Fsp3) is 0.714. The molecule has 1 N–H and O–H groups in total. The van der Waals surface area contributed by atoms with Crippen molar-refractivity contribution in [1.82, 2.24) is 5.31 Å². The number of methoxy groups -OCH3 is 1. The molecular weight excluding hydrogens is 114 g/mol. The zero-order valence-corrected chi connectivity index (χ0v) is 5.55. The molecule has 1 aliphatic rings. The van der Waals surface area contributed by atoms with Crippen LogP contribution in [0.15, 0.2) is 0 Å². The minimum absolute atomic E-state index is 0.410. The lowest BCUT2D eigenvalue weighted by Crippen LogP contribution is -2.40. The first-order valence-electron chi connectivity index (χ1n) is 3.49. The molecule has 0 aromatic heterocycles. The summed E-state index contributed by atoms with van der Waals surface area (Å²) in [6.45, 7) is 2.09. The second kappa shape index (κ2) is 3.49. The van der Waals surface area contributed by atoms with Crippen molar-refractivity contribution in [2.45, 2.75) is 0 Å². The molecule has 0 unspecified atom stereocenters. The van der Waals surface area contributed by atoms with Gasteiger partial charge in [-0.25, -0.2) is 0 Å². The van der Waals surface area contributed by atoms with Crippen LogP contribution >= 0.6 is 0 Å². The average Bonchev–Trinajstić information content (AvgIpc) is 1.85. The predicted octanol–water partition coefficient (Wildman–Crippen LogP) is -0.144. The highest BCUT2D eigenvalue weighted by Gasteiger charge is 2.12. The van der Waals surface area contributed by atoms with Gasteiger partial charge in [-0.2, -0.15) is 0 Å². The zero-order chi connectivity index (χ0) is 7.40. The van der Waals surface area contributed by atoms with Crippen molar-refractivity contribution in [3.8, 4) is 11.8 Å². The van der Waals surface area contributed by atoms with Gasteiger partial charge in [0.1, 0.15) is 8.02 Å². The van der Waals surface area contributed by atoms with Crippen molar-refractivity contribution in [3.05, 3.63) is 0 Å². The van der Waals surface area contributed by atoms with Crippen LogP contribution in [-0.2, 0) is 4.74 Å². The van der Waals surface area contributed by atoms with Crippen LogP contribution in [0.4, 0.5) is 0 Å². The number of ether oxygens (including phenoxy) is 1. The van der Waals surface area contributed by atoms with Gasteiger partial charge in [-0.3, -0.25) is 0 Å². The molecule has 0 spiro atoms. The van der Waals surface area contributed by atoms with E-state index in [4.69, 9.17) is 6.15 Å². The normalized spacial score (nSPS) is 21.7. The smallest absolute Gasteiger partial charge is 0.122 e. The van der Waals surface area contributed by atoms with Crippen molar-refractivity contribution in [3.63, 3.8) is 0 Å². The molecule has 1 aliphatic heterocycles. The van der Waals surface area contributed by atoms with Crippen molar-refractivity contribution < 1.29 is 6.15 Å². The van der Waals surface area contributed by atoms with Crippen LogP contribution in [0.2, 0.25) is 1.41 Å². The molecule has 9 heavy (non-hydrogen) atoms. The van der Waals surface area contributed by atoms with E-state index in [0.29, 0.717) is 12.5 Å². The second-order valence-electron chi connectivity index (χ2n) is 2.04. The van der Waals surface area contributed by atoms with E-state index in [1.807, 2.05) is 0 Å². The molecule has 2 nitrogen and oxygen atoms in total. The summed E-state index contributed by atoms with van der Waals surface area (Å²) in [6.07, 6.45) is 0. The highest BCUT2D eigenvalue weighted by molar-refractivity contribution is 5.08. The zero-order valence-electron chi connectivity index (χ0n) is 6.55. The van der Waals surface area contributed by atoms with E-state index in [1.165, 1.54) is 5.31 Å². The number of hydrogen-bond donors (Lipinski definition) is 1. The Labute approximate surface area is 57.0 Å². The number of hydrogen-bond acceptors (Lipinski definition) is 2. The SMILES string of the molecule is [2H]N1CC(C#CCOC)C1. The molecular formula is C7H11NO. The van der Waals surface area contributed by atoms with Crippen molar-refractivity contribution in [2.24, 2.45) is 5.92 Å². The van der Waals surface area contributed by atoms with Gasteiger partial charge < -0.3 is 10.0 Å². The first-order chi connectivity index (χ1) is 4.83. The third-order valence-electron chi connectivity index (χ3n) is 1.22. The Bertz CT molecular complexity index is 155.